The highest BCUT2D eigenvalue weighted by atomic mass is 35.5. The fraction of sp³-hybridized carbons (Fsp3) is 0.0476. The molecular formula is C42H26Cl4N4. The SMILES string of the molecule is Clc1cccc(C2(C3(c4cccc(Cl)c4Cl)N=C(c4ccccc4)C(c4ccccc4)=N3)N=C(c3ccccc3)C(c3ccccc3)=N2)c1Cl. The van der Waals surface area contributed by atoms with Crippen LogP contribution in [0.2, 0.25) is 20.1 Å². The summed E-state index contributed by atoms with van der Waals surface area (Å²) in [7, 11) is 0. The lowest BCUT2D eigenvalue weighted by Gasteiger charge is -2.39. The van der Waals surface area contributed by atoms with E-state index in [1.165, 1.54) is 0 Å². The molecule has 0 spiro atoms. The predicted molar refractivity (Wildman–Crippen MR) is 208 cm³/mol. The highest BCUT2D eigenvalue weighted by Crippen LogP contribution is 2.58. The van der Waals surface area contributed by atoms with E-state index >= 15 is 0 Å². The van der Waals surface area contributed by atoms with E-state index in [1.54, 1.807) is 12.1 Å². The van der Waals surface area contributed by atoms with Crippen LogP contribution in [0.5, 0.6) is 0 Å². The van der Waals surface area contributed by atoms with E-state index in [2.05, 4.69) is 0 Å². The molecule has 0 amide bonds. The smallest absolute Gasteiger partial charge is 0.227 e. The van der Waals surface area contributed by atoms with Crippen LogP contribution in [-0.4, -0.2) is 22.8 Å². The standard InChI is InChI=1S/C42H26Cl4N4/c43-33-25-13-23-31(35(33)45)41(47-37(27-15-5-1-6-16-27)38(48-41)28-17-7-2-8-18-28)42(32-24-14-26-34(44)36(32)46)49-39(29-19-9-3-10-20-29)40(50-42)30-21-11-4-12-22-30/h1-26H. The van der Waals surface area contributed by atoms with Crippen LogP contribution in [0.3, 0.4) is 0 Å². The third-order valence-electron chi connectivity index (χ3n) is 8.87. The van der Waals surface area contributed by atoms with Crippen LogP contribution in [0, 0.1) is 0 Å². The molecule has 0 aliphatic carbocycles. The maximum Gasteiger partial charge on any atom is 0.227 e. The first kappa shape index (κ1) is 32.4. The first-order valence-electron chi connectivity index (χ1n) is 15.9. The number of hydrogen-bond donors (Lipinski definition) is 0. The van der Waals surface area contributed by atoms with Gasteiger partial charge in [0.05, 0.1) is 42.9 Å². The predicted octanol–water partition coefficient (Wildman–Crippen LogP) is 11.3. The normalized spacial score (nSPS) is 16.0. The zero-order chi connectivity index (χ0) is 34.3. The van der Waals surface area contributed by atoms with Gasteiger partial charge in [-0.1, -0.05) is 192 Å². The fourth-order valence-electron chi connectivity index (χ4n) is 6.57. The summed E-state index contributed by atoms with van der Waals surface area (Å²) in [6, 6.07) is 50.7. The van der Waals surface area contributed by atoms with Crippen LogP contribution < -0.4 is 0 Å². The molecule has 242 valence electrons. The minimum absolute atomic E-state index is 0.278. The molecule has 8 heteroatoms. The van der Waals surface area contributed by atoms with Crippen LogP contribution in [0.15, 0.2) is 178 Å². The Morgan fingerprint density at radius 1 is 0.300 bits per heavy atom. The van der Waals surface area contributed by atoms with Gasteiger partial charge in [-0.15, -0.1) is 0 Å². The van der Waals surface area contributed by atoms with E-state index in [1.807, 2.05) is 146 Å². The molecule has 0 N–H and O–H groups in total. The third kappa shape index (κ3) is 5.31. The van der Waals surface area contributed by atoms with Gasteiger partial charge >= 0.3 is 0 Å². The number of nitrogens with zero attached hydrogens (tertiary/aromatic N) is 4. The monoisotopic (exact) mass is 726 g/mol. The molecule has 2 heterocycles. The van der Waals surface area contributed by atoms with Crippen molar-refractivity contribution >= 4 is 69.3 Å². The minimum atomic E-state index is -1.66. The topological polar surface area (TPSA) is 49.4 Å². The number of benzene rings is 6. The summed E-state index contributed by atoms with van der Waals surface area (Å²) < 4.78 is 0. The largest absolute Gasteiger partial charge is 0.243 e. The van der Waals surface area contributed by atoms with Gasteiger partial charge in [-0.3, -0.25) is 0 Å². The van der Waals surface area contributed by atoms with Crippen LogP contribution in [-0.2, 0) is 11.3 Å². The van der Waals surface area contributed by atoms with Crippen molar-refractivity contribution in [1.29, 1.82) is 0 Å². The van der Waals surface area contributed by atoms with Gasteiger partial charge < -0.3 is 0 Å². The molecule has 8 rings (SSSR count). The van der Waals surface area contributed by atoms with Crippen LogP contribution in [0.25, 0.3) is 0 Å². The Morgan fingerprint density at radius 2 is 0.560 bits per heavy atom. The van der Waals surface area contributed by atoms with Crippen molar-refractivity contribution in [2.24, 2.45) is 20.0 Å². The van der Waals surface area contributed by atoms with Crippen molar-refractivity contribution in [1.82, 2.24) is 0 Å². The Bertz CT molecular complexity index is 2070. The van der Waals surface area contributed by atoms with E-state index in [0.29, 0.717) is 44.0 Å². The third-order valence-corrected chi connectivity index (χ3v) is 10.5. The second kappa shape index (κ2) is 13.1. The summed E-state index contributed by atoms with van der Waals surface area (Å²) in [5, 5.41) is 1.24. The van der Waals surface area contributed by atoms with E-state index in [4.69, 9.17) is 66.4 Å². The summed E-state index contributed by atoms with van der Waals surface area (Å²) in [6.45, 7) is 0. The summed E-state index contributed by atoms with van der Waals surface area (Å²) in [4.78, 5) is 22.5. The van der Waals surface area contributed by atoms with Crippen molar-refractivity contribution in [3.8, 4) is 0 Å². The molecule has 2 aliphatic heterocycles. The molecular weight excluding hydrogens is 702 g/mol. The highest BCUT2D eigenvalue weighted by molar-refractivity contribution is 6.56. The number of hydrogen-bond acceptors (Lipinski definition) is 4. The molecule has 0 bridgehead atoms. The Labute approximate surface area is 310 Å². The second-order valence-electron chi connectivity index (χ2n) is 11.9. The van der Waals surface area contributed by atoms with Gasteiger partial charge in [-0.25, -0.2) is 20.0 Å². The molecule has 0 fully saturated rings. The molecule has 0 atom stereocenters. The highest BCUT2D eigenvalue weighted by Gasteiger charge is 2.62. The van der Waals surface area contributed by atoms with Gasteiger partial charge in [0.15, 0.2) is 0 Å². The van der Waals surface area contributed by atoms with Crippen LogP contribution >= 0.6 is 46.4 Å². The zero-order valence-corrected chi connectivity index (χ0v) is 29.3. The molecule has 0 radical (unpaired) electrons. The van der Waals surface area contributed by atoms with Gasteiger partial charge in [0, 0.05) is 33.4 Å². The molecule has 4 nitrogen and oxygen atoms in total. The molecule has 0 aromatic heterocycles. The lowest BCUT2D eigenvalue weighted by molar-refractivity contribution is 0.257. The number of aliphatic imine (C=N–C) groups is 4. The Hall–Kier alpha value is -4.84. The van der Waals surface area contributed by atoms with Crippen molar-refractivity contribution in [2.75, 3.05) is 0 Å². The van der Waals surface area contributed by atoms with E-state index < -0.39 is 11.3 Å². The van der Waals surface area contributed by atoms with Gasteiger partial charge in [0.25, 0.3) is 0 Å². The summed E-state index contributed by atoms with van der Waals surface area (Å²) >= 11 is 28.1. The van der Waals surface area contributed by atoms with Gasteiger partial charge in [-0.05, 0) is 12.1 Å². The fourth-order valence-corrected chi connectivity index (χ4v) is 7.44. The van der Waals surface area contributed by atoms with Crippen molar-refractivity contribution in [3.63, 3.8) is 0 Å². The maximum absolute atomic E-state index is 7.23. The molecule has 2 aliphatic rings. The Kier molecular flexibility index (Phi) is 8.50. The molecule has 0 unspecified atom stereocenters. The lowest BCUT2D eigenvalue weighted by atomic mass is 9.82. The quantitative estimate of drug-likeness (QED) is 0.157. The number of halogens is 4. The van der Waals surface area contributed by atoms with E-state index in [9.17, 15) is 0 Å². The van der Waals surface area contributed by atoms with Crippen molar-refractivity contribution in [2.45, 2.75) is 11.3 Å². The molecule has 50 heavy (non-hydrogen) atoms. The van der Waals surface area contributed by atoms with Crippen LogP contribution in [0.1, 0.15) is 33.4 Å². The summed E-state index contributed by atoms with van der Waals surface area (Å²) in [6.07, 6.45) is 0. The zero-order valence-electron chi connectivity index (χ0n) is 26.3. The lowest BCUT2D eigenvalue weighted by Crippen LogP contribution is -2.43. The van der Waals surface area contributed by atoms with Crippen molar-refractivity contribution < 1.29 is 0 Å². The molecule has 6 aromatic rings. The van der Waals surface area contributed by atoms with Crippen molar-refractivity contribution in [3.05, 3.63) is 211 Å². The Balaban J connectivity index is 1.58. The van der Waals surface area contributed by atoms with Gasteiger partial charge in [0.1, 0.15) is 0 Å². The van der Waals surface area contributed by atoms with Crippen LogP contribution in [0.4, 0.5) is 0 Å². The van der Waals surface area contributed by atoms with E-state index in [0.717, 1.165) is 22.3 Å². The maximum atomic E-state index is 7.23. The molecule has 0 saturated heterocycles. The van der Waals surface area contributed by atoms with E-state index in [-0.39, 0.29) is 10.0 Å². The number of rotatable bonds is 7. The summed E-state index contributed by atoms with van der Waals surface area (Å²) in [5.74, 6) is 0. The first-order chi connectivity index (χ1) is 24.4. The minimum Gasteiger partial charge on any atom is -0.243 e. The molecule has 0 saturated carbocycles. The molecule has 6 aromatic carbocycles. The summed E-state index contributed by atoms with van der Waals surface area (Å²) in [5.41, 5.74) is 3.73. The Morgan fingerprint density at radius 3 is 0.820 bits per heavy atom. The van der Waals surface area contributed by atoms with Gasteiger partial charge in [0.2, 0.25) is 11.3 Å². The average molecular weight is 729 g/mol. The van der Waals surface area contributed by atoms with Gasteiger partial charge in [-0.2, -0.15) is 0 Å². The average Bonchev–Trinajstić information content (AvgIpc) is 3.78. The first-order valence-corrected chi connectivity index (χ1v) is 17.4. The second-order valence-corrected chi connectivity index (χ2v) is 13.4.